The van der Waals surface area contributed by atoms with E-state index in [0.29, 0.717) is 5.56 Å². The molecule has 0 aliphatic rings. The Labute approximate surface area is 222 Å². The van der Waals surface area contributed by atoms with E-state index in [2.05, 4.69) is 28.6 Å². The summed E-state index contributed by atoms with van der Waals surface area (Å²) in [6.45, 7) is 17.0. The lowest BCUT2D eigenvalue weighted by atomic mass is 10.0. The second-order valence-corrected chi connectivity index (χ2v) is 8.95. The number of ether oxygens (including phenoxy) is 1. The van der Waals surface area contributed by atoms with Gasteiger partial charge in [0.05, 0.1) is 18.2 Å². The van der Waals surface area contributed by atoms with Gasteiger partial charge in [-0.2, -0.15) is 5.10 Å². The molecule has 206 valence electrons. The average Bonchev–Trinajstić information content (AvgIpc) is 3.26. The van der Waals surface area contributed by atoms with Crippen molar-refractivity contribution in [1.29, 1.82) is 0 Å². The molecule has 10 heteroatoms. The number of aromatic nitrogens is 3. The number of halogens is 2. The van der Waals surface area contributed by atoms with E-state index in [1.165, 1.54) is 23.0 Å². The number of aliphatic hydroxyl groups is 1. The van der Waals surface area contributed by atoms with Crippen LogP contribution in [0.4, 0.5) is 8.78 Å². The molecule has 1 aromatic carbocycles. The molecule has 0 aliphatic carbocycles. The fourth-order valence-corrected chi connectivity index (χ4v) is 3.47. The fraction of sp³-hybridized carbons (Fsp3) is 0.357. The first-order chi connectivity index (χ1) is 18.1. The lowest BCUT2D eigenvalue weighted by Gasteiger charge is -2.22. The molecule has 2 heterocycles. The zero-order chi connectivity index (χ0) is 29.0. The van der Waals surface area contributed by atoms with Crippen LogP contribution < -0.4 is 10.1 Å². The van der Waals surface area contributed by atoms with Gasteiger partial charge in [-0.1, -0.05) is 31.2 Å². The van der Waals surface area contributed by atoms with Crippen molar-refractivity contribution < 1.29 is 28.2 Å². The third kappa shape index (κ3) is 7.79. The number of carbonyl (C=O) groups excluding carboxylic acids is 2. The summed E-state index contributed by atoms with van der Waals surface area (Å²) in [5.41, 5.74) is 1.26. The topological polar surface area (TPSA) is 106 Å². The fourth-order valence-electron chi connectivity index (χ4n) is 3.47. The Kier molecular flexibility index (Phi) is 12.4. The van der Waals surface area contributed by atoms with Crippen molar-refractivity contribution in [1.82, 2.24) is 20.1 Å². The highest BCUT2D eigenvalue weighted by molar-refractivity contribution is 5.94. The van der Waals surface area contributed by atoms with E-state index >= 15 is 0 Å². The van der Waals surface area contributed by atoms with Crippen LogP contribution in [0.25, 0.3) is 0 Å². The van der Waals surface area contributed by atoms with Gasteiger partial charge in [0.2, 0.25) is 5.88 Å². The molecule has 0 saturated heterocycles. The summed E-state index contributed by atoms with van der Waals surface area (Å²) >= 11 is 0. The Morgan fingerprint density at radius 3 is 2.26 bits per heavy atom. The largest absolute Gasteiger partial charge is 0.437 e. The zero-order valence-corrected chi connectivity index (χ0v) is 22.5. The molecule has 0 fully saturated rings. The van der Waals surface area contributed by atoms with E-state index in [-0.39, 0.29) is 23.9 Å². The maximum atomic E-state index is 13.4. The van der Waals surface area contributed by atoms with Gasteiger partial charge in [0.15, 0.2) is 11.4 Å². The molecule has 3 rings (SSSR count). The zero-order valence-electron chi connectivity index (χ0n) is 22.5. The summed E-state index contributed by atoms with van der Waals surface area (Å²) < 4.78 is 34.2. The van der Waals surface area contributed by atoms with E-state index in [1.54, 1.807) is 6.92 Å². The van der Waals surface area contributed by atoms with Crippen molar-refractivity contribution in [2.45, 2.75) is 59.0 Å². The first kappa shape index (κ1) is 32.1. The number of nitrogens with zero attached hydrogens (tertiary/aromatic N) is 3. The molecule has 1 amide bonds. The Hall–Kier alpha value is -3.92. The van der Waals surface area contributed by atoms with Crippen molar-refractivity contribution in [2.24, 2.45) is 0 Å². The van der Waals surface area contributed by atoms with E-state index in [1.807, 2.05) is 58.7 Å². The highest BCUT2D eigenvalue weighted by atomic mass is 19.3. The quantitative estimate of drug-likeness (QED) is 0.361. The minimum Gasteiger partial charge on any atom is -0.437 e. The smallest absolute Gasteiger partial charge is 0.284 e. The molecule has 2 N–H and O–H groups in total. The second kappa shape index (κ2) is 14.7. The van der Waals surface area contributed by atoms with Gasteiger partial charge in [0.1, 0.15) is 12.5 Å². The molecule has 0 bridgehead atoms. The van der Waals surface area contributed by atoms with E-state index in [0.717, 1.165) is 17.5 Å². The Balaban J connectivity index is 0.00000172. The molecule has 38 heavy (non-hydrogen) atoms. The van der Waals surface area contributed by atoms with Crippen LogP contribution >= 0.6 is 0 Å². The lowest BCUT2D eigenvalue weighted by molar-refractivity contribution is -0.0980. The summed E-state index contributed by atoms with van der Waals surface area (Å²) in [5.74, 6) is -0.452. The van der Waals surface area contributed by atoms with Gasteiger partial charge in [-0.05, 0) is 57.4 Å². The average molecular weight is 531 g/mol. The third-order valence-electron chi connectivity index (χ3n) is 5.41. The third-order valence-corrected chi connectivity index (χ3v) is 5.41. The van der Waals surface area contributed by atoms with E-state index < -0.39 is 29.6 Å². The number of hydrogen-bond acceptors (Lipinski definition) is 6. The number of alkyl halides is 2. The number of benzene rings is 1. The van der Waals surface area contributed by atoms with Gasteiger partial charge in [-0.15, -0.1) is 13.2 Å². The molecule has 1 unspecified atom stereocenters. The number of carbonyl (C=O) groups is 2. The summed E-state index contributed by atoms with van der Waals surface area (Å²) in [4.78, 5) is 24.9. The number of amides is 1. The van der Waals surface area contributed by atoms with Crippen LogP contribution in [0.3, 0.4) is 0 Å². The predicted octanol–water partition coefficient (Wildman–Crippen LogP) is 5.71. The Morgan fingerprint density at radius 1 is 1.16 bits per heavy atom. The summed E-state index contributed by atoms with van der Waals surface area (Å²) in [6.07, 6.45) is -0.675. The molecular weight excluding hydrogens is 494 g/mol. The highest BCUT2D eigenvalue weighted by Gasteiger charge is 2.30. The van der Waals surface area contributed by atoms with Gasteiger partial charge >= 0.3 is 0 Å². The summed E-state index contributed by atoms with van der Waals surface area (Å²) in [6, 6.07) is 9.89. The minimum absolute atomic E-state index is 0.0797. The van der Waals surface area contributed by atoms with Crippen LogP contribution in [0.5, 0.6) is 11.6 Å². The molecule has 0 radical (unpaired) electrons. The number of pyridine rings is 1. The molecule has 0 aliphatic heterocycles. The van der Waals surface area contributed by atoms with Crippen molar-refractivity contribution in [3.05, 3.63) is 83.8 Å². The van der Waals surface area contributed by atoms with E-state index in [9.17, 15) is 18.7 Å². The van der Waals surface area contributed by atoms with Gasteiger partial charge < -0.3 is 20.0 Å². The molecule has 3 aromatic rings. The van der Waals surface area contributed by atoms with Crippen LogP contribution in [-0.2, 0) is 16.8 Å². The molecule has 2 aromatic heterocycles. The molecule has 0 saturated carbocycles. The number of rotatable bonds is 8. The lowest BCUT2D eigenvalue weighted by Crippen LogP contribution is -2.32. The first-order valence-corrected chi connectivity index (χ1v) is 11.9. The highest BCUT2D eigenvalue weighted by Crippen LogP contribution is 2.35. The van der Waals surface area contributed by atoms with Gasteiger partial charge in [-0.25, -0.2) is 13.5 Å². The maximum Gasteiger partial charge on any atom is 0.284 e. The van der Waals surface area contributed by atoms with Crippen LogP contribution in [-0.4, -0.2) is 39.2 Å². The number of hydrogen-bond donors (Lipinski definition) is 2. The SMILES string of the molecule is C=C.C=O.CCc1ccc(C(CO)NC(=O)c2nn(C(C)(C)C)c(Oc3cccnc3C(F)F)c2C)cc1. The monoisotopic (exact) mass is 530 g/mol. The van der Waals surface area contributed by atoms with Gasteiger partial charge in [0.25, 0.3) is 12.3 Å². The maximum absolute atomic E-state index is 13.4. The van der Waals surface area contributed by atoms with E-state index in [4.69, 9.17) is 9.53 Å². The molecule has 8 nitrogen and oxygen atoms in total. The van der Waals surface area contributed by atoms with Gasteiger partial charge in [-0.3, -0.25) is 9.78 Å². The van der Waals surface area contributed by atoms with Crippen LogP contribution in [0.2, 0.25) is 0 Å². The van der Waals surface area contributed by atoms with Crippen LogP contribution in [0.1, 0.15) is 73.0 Å². The predicted molar refractivity (Wildman–Crippen MR) is 143 cm³/mol. The first-order valence-electron chi connectivity index (χ1n) is 11.9. The Bertz CT molecular complexity index is 1170. The van der Waals surface area contributed by atoms with Crippen molar-refractivity contribution in [3.63, 3.8) is 0 Å². The number of aryl methyl sites for hydroxylation is 1. The van der Waals surface area contributed by atoms with Crippen LogP contribution in [0.15, 0.2) is 55.8 Å². The standard InChI is InChI=1S/C25H30F2N4O3.C2H4.CH2O/c1-6-16-9-11-17(12-10-16)18(14-32)29-23(33)20-15(2)24(31(30-20)25(3,4)5)34-19-8-7-13-28-21(19)22(26)27;2*1-2/h7-13,18,22,32H,6,14H2,1-5H3,(H,29,33);1-2H2;1H2. The molecule has 0 spiro atoms. The normalized spacial score (nSPS) is 11.5. The van der Waals surface area contributed by atoms with Crippen molar-refractivity contribution >= 4 is 12.7 Å². The van der Waals surface area contributed by atoms with Gasteiger partial charge in [0, 0.05) is 11.8 Å². The minimum atomic E-state index is -2.82. The second-order valence-electron chi connectivity index (χ2n) is 8.95. The summed E-state index contributed by atoms with van der Waals surface area (Å²) in [7, 11) is 0. The Morgan fingerprint density at radius 2 is 1.76 bits per heavy atom. The van der Waals surface area contributed by atoms with Crippen molar-refractivity contribution in [3.8, 4) is 11.6 Å². The number of nitrogens with one attached hydrogen (secondary N) is 1. The summed E-state index contributed by atoms with van der Waals surface area (Å²) in [5, 5.41) is 17.2. The number of aliphatic hydroxyl groups excluding tert-OH is 1. The molecule has 1 atom stereocenters. The molecular formula is C28H36F2N4O4. The van der Waals surface area contributed by atoms with Crippen molar-refractivity contribution in [2.75, 3.05) is 6.61 Å². The van der Waals surface area contributed by atoms with Crippen LogP contribution in [0, 0.1) is 6.92 Å².